The summed E-state index contributed by atoms with van der Waals surface area (Å²) in [5.74, 6) is 0.492. The van der Waals surface area contributed by atoms with Crippen LogP contribution in [0.2, 0.25) is 0 Å². The molecule has 0 saturated carbocycles. The van der Waals surface area contributed by atoms with Gasteiger partial charge in [0.05, 0.1) is 6.61 Å². The van der Waals surface area contributed by atoms with E-state index in [1.165, 1.54) is 37.9 Å². The van der Waals surface area contributed by atoms with Gasteiger partial charge < -0.3 is 10.1 Å². The van der Waals surface area contributed by atoms with Crippen molar-refractivity contribution in [3.63, 3.8) is 0 Å². The number of ether oxygens (including phenoxy) is 1. The fourth-order valence-corrected chi connectivity index (χ4v) is 3.49. The largest absolute Gasteiger partial charge is 0.494 e. The van der Waals surface area contributed by atoms with Gasteiger partial charge >= 0.3 is 0 Å². The zero-order valence-corrected chi connectivity index (χ0v) is 17.1. The Hall–Kier alpha value is -2.44. The van der Waals surface area contributed by atoms with E-state index in [4.69, 9.17) is 17.0 Å². The highest BCUT2D eigenvalue weighted by atomic mass is 32.1. The number of rotatable bonds is 6. The minimum Gasteiger partial charge on any atom is -0.494 e. The maximum Gasteiger partial charge on any atom is 0.257 e. The Morgan fingerprint density at radius 1 is 1.04 bits per heavy atom. The topological polar surface area (TPSA) is 53.6 Å². The Kier molecular flexibility index (Phi) is 7.39. The van der Waals surface area contributed by atoms with E-state index in [-0.39, 0.29) is 11.0 Å². The molecule has 0 aromatic heterocycles. The van der Waals surface area contributed by atoms with E-state index in [0.29, 0.717) is 12.2 Å². The molecule has 1 heterocycles. The van der Waals surface area contributed by atoms with Crippen LogP contribution in [-0.4, -0.2) is 35.6 Å². The lowest BCUT2D eigenvalue weighted by atomic mass is 10.1. The van der Waals surface area contributed by atoms with Crippen LogP contribution in [-0.2, 0) is 6.54 Å². The molecule has 1 fully saturated rings. The molecule has 1 aliphatic rings. The van der Waals surface area contributed by atoms with Gasteiger partial charge in [0.2, 0.25) is 0 Å². The van der Waals surface area contributed by atoms with Crippen LogP contribution in [0.3, 0.4) is 0 Å². The summed E-state index contributed by atoms with van der Waals surface area (Å²) in [5, 5.41) is 6.06. The van der Waals surface area contributed by atoms with Crippen molar-refractivity contribution < 1.29 is 9.53 Å². The van der Waals surface area contributed by atoms with E-state index in [1.807, 2.05) is 19.1 Å². The SMILES string of the molecule is CCOc1ccc(C(=O)NC(=S)Nc2ccc(CN3CCCCC3)cc2)cc1. The second kappa shape index (κ2) is 10.2. The fourth-order valence-electron chi connectivity index (χ4n) is 3.28. The molecule has 0 bridgehead atoms. The summed E-state index contributed by atoms with van der Waals surface area (Å²) in [7, 11) is 0. The number of carbonyl (C=O) groups excluding carboxylic acids is 1. The molecule has 0 radical (unpaired) electrons. The van der Waals surface area contributed by atoms with Gasteiger partial charge in [0, 0.05) is 17.8 Å². The molecule has 0 unspecified atom stereocenters. The molecule has 2 N–H and O–H groups in total. The first-order valence-corrected chi connectivity index (χ1v) is 10.2. The minimum absolute atomic E-state index is 0.248. The first-order chi connectivity index (χ1) is 13.6. The number of thiocarbonyl (C=S) groups is 1. The van der Waals surface area contributed by atoms with Gasteiger partial charge in [0.15, 0.2) is 5.11 Å². The van der Waals surface area contributed by atoms with Gasteiger partial charge in [-0.1, -0.05) is 18.6 Å². The minimum atomic E-state index is -0.248. The quantitative estimate of drug-likeness (QED) is 0.716. The van der Waals surface area contributed by atoms with Crippen LogP contribution < -0.4 is 15.4 Å². The maximum atomic E-state index is 12.3. The van der Waals surface area contributed by atoms with Gasteiger partial charge in [-0.3, -0.25) is 15.0 Å². The molecule has 6 heteroatoms. The number of amides is 1. The predicted molar refractivity (Wildman–Crippen MR) is 117 cm³/mol. The standard InChI is InChI=1S/C22H27N3O2S/c1-2-27-20-12-8-18(9-13-20)21(26)24-22(28)23-19-10-6-17(7-11-19)16-25-14-4-3-5-15-25/h6-13H,2-5,14-16H2,1H3,(H2,23,24,26,28). The highest BCUT2D eigenvalue weighted by Crippen LogP contribution is 2.16. The van der Waals surface area contributed by atoms with Gasteiger partial charge in [-0.25, -0.2) is 0 Å². The van der Waals surface area contributed by atoms with E-state index in [0.717, 1.165) is 18.0 Å². The van der Waals surface area contributed by atoms with Gasteiger partial charge in [-0.2, -0.15) is 0 Å². The number of likely N-dealkylation sites (tertiary alicyclic amines) is 1. The molecule has 28 heavy (non-hydrogen) atoms. The molecule has 1 aliphatic heterocycles. The molecule has 3 rings (SSSR count). The van der Waals surface area contributed by atoms with Crippen LogP contribution in [0.15, 0.2) is 48.5 Å². The van der Waals surface area contributed by atoms with E-state index in [9.17, 15) is 4.79 Å². The Bertz CT molecular complexity index is 784. The van der Waals surface area contributed by atoms with Gasteiger partial charge in [0.25, 0.3) is 5.91 Å². The van der Waals surface area contributed by atoms with Crippen LogP contribution in [0.5, 0.6) is 5.75 Å². The van der Waals surface area contributed by atoms with Crippen LogP contribution in [0, 0.1) is 0 Å². The van der Waals surface area contributed by atoms with Crippen molar-refractivity contribution >= 4 is 28.9 Å². The highest BCUT2D eigenvalue weighted by Gasteiger charge is 2.11. The number of nitrogens with one attached hydrogen (secondary N) is 2. The lowest BCUT2D eigenvalue weighted by Crippen LogP contribution is -2.34. The van der Waals surface area contributed by atoms with Gasteiger partial charge in [-0.15, -0.1) is 0 Å². The molecule has 1 amide bonds. The van der Waals surface area contributed by atoms with Crippen molar-refractivity contribution in [2.75, 3.05) is 25.0 Å². The molecular weight excluding hydrogens is 370 g/mol. The average molecular weight is 398 g/mol. The Morgan fingerprint density at radius 2 is 1.71 bits per heavy atom. The number of anilines is 1. The Morgan fingerprint density at radius 3 is 2.36 bits per heavy atom. The number of hydrogen-bond acceptors (Lipinski definition) is 4. The first kappa shape index (κ1) is 20.3. The van der Waals surface area contributed by atoms with Crippen LogP contribution in [0.1, 0.15) is 42.1 Å². The van der Waals surface area contributed by atoms with E-state index in [2.05, 4.69) is 27.7 Å². The second-order valence-electron chi connectivity index (χ2n) is 6.90. The molecule has 0 aliphatic carbocycles. The zero-order valence-electron chi connectivity index (χ0n) is 16.2. The Balaban J connectivity index is 1.49. The molecule has 5 nitrogen and oxygen atoms in total. The summed E-state index contributed by atoms with van der Waals surface area (Å²) < 4.78 is 5.39. The maximum absolute atomic E-state index is 12.3. The van der Waals surface area contributed by atoms with Crippen molar-refractivity contribution in [2.24, 2.45) is 0 Å². The zero-order chi connectivity index (χ0) is 19.8. The second-order valence-corrected chi connectivity index (χ2v) is 7.31. The van der Waals surface area contributed by atoms with Crippen molar-refractivity contribution in [3.8, 4) is 5.75 Å². The third-order valence-electron chi connectivity index (χ3n) is 4.72. The molecule has 1 saturated heterocycles. The van der Waals surface area contributed by atoms with Gasteiger partial charge in [0.1, 0.15) is 5.75 Å². The number of benzene rings is 2. The summed E-state index contributed by atoms with van der Waals surface area (Å²) in [6.45, 7) is 5.86. The van der Waals surface area contributed by atoms with Crippen molar-refractivity contribution in [1.29, 1.82) is 0 Å². The third-order valence-corrected chi connectivity index (χ3v) is 4.93. The molecule has 2 aromatic carbocycles. The van der Waals surface area contributed by atoms with E-state index in [1.54, 1.807) is 24.3 Å². The summed E-state index contributed by atoms with van der Waals surface area (Å²) >= 11 is 5.27. The van der Waals surface area contributed by atoms with E-state index < -0.39 is 0 Å². The van der Waals surface area contributed by atoms with Crippen LogP contribution in [0.25, 0.3) is 0 Å². The molecular formula is C22H27N3O2S. The number of hydrogen-bond donors (Lipinski definition) is 2. The molecule has 0 spiro atoms. The van der Waals surface area contributed by atoms with E-state index >= 15 is 0 Å². The predicted octanol–water partition coefficient (Wildman–Crippen LogP) is 4.20. The van der Waals surface area contributed by atoms with Crippen molar-refractivity contribution in [3.05, 3.63) is 59.7 Å². The lowest BCUT2D eigenvalue weighted by molar-refractivity contribution is 0.0977. The highest BCUT2D eigenvalue weighted by molar-refractivity contribution is 7.80. The first-order valence-electron chi connectivity index (χ1n) is 9.80. The fraction of sp³-hybridized carbons (Fsp3) is 0.364. The number of piperidine rings is 1. The molecule has 2 aromatic rings. The number of carbonyl (C=O) groups is 1. The lowest BCUT2D eigenvalue weighted by Gasteiger charge is -2.26. The normalized spacial score (nSPS) is 14.3. The monoisotopic (exact) mass is 397 g/mol. The Labute approximate surface area is 172 Å². The smallest absolute Gasteiger partial charge is 0.257 e. The van der Waals surface area contributed by atoms with Crippen LogP contribution in [0.4, 0.5) is 5.69 Å². The van der Waals surface area contributed by atoms with Crippen LogP contribution >= 0.6 is 12.2 Å². The third kappa shape index (κ3) is 6.04. The molecule has 148 valence electrons. The summed E-state index contributed by atoms with van der Waals surface area (Å²) in [4.78, 5) is 14.8. The summed E-state index contributed by atoms with van der Waals surface area (Å²) in [6.07, 6.45) is 3.93. The molecule has 0 atom stereocenters. The van der Waals surface area contributed by atoms with Crippen molar-refractivity contribution in [2.45, 2.75) is 32.7 Å². The summed E-state index contributed by atoms with van der Waals surface area (Å²) in [5.41, 5.74) is 2.68. The van der Waals surface area contributed by atoms with Gasteiger partial charge in [-0.05, 0) is 87.0 Å². The van der Waals surface area contributed by atoms with Crippen molar-refractivity contribution in [1.82, 2.24) is 10.2 Å². The average Bonchev–Trinajstić information content (AvgIpc) is 2.71. The number of nitrogens with zero attached hydrogens (tertiary/aromatic N) is 1. The summed E-state index contributed by atoms with van der Waals surface area (Å²) in [6, 6.07) is 15.2.